The number of nitrogens with zero attached hydrogens (tertiary/aromatic N) is 4. The summed E-state index contributed by atoms with van der Waals surface area (Å²) in [6.07, 6.45) is 3.86. The van der Waals surface area contributed by atoms with Gasteiger partial charge in [0.05, 0.1) is 27.0 Å². The van der Waals surface area contributed by atoms with E-state index < -0.39 is 0 Å². The van der Waals surface area contributed by atoms with E-state index in [4.69, 9.17) is 14.2 Å². The Bertz CT molecular complexity index is 1070. The minimum absolute atomic E-state index is 0.144. The van der Waals surface area contributed by atoms with E-state index in [0.29, 0.717) is 36.0 Å². The number of carbonyl (C=O) groups is 1. The molecule has 1 aliphatic rings. The fourth-order valence-electron chi connectivity index (χ4n) is 4.12. The number of hydrogen-bond acceptors (Lipinski definition) is 6. The van der Waals surface area contributed by atoms with Gasteiger partial charge in [-0.2, -0.15) is 0 Å². The number of rotatable bonds is 8. The van der Waals surface area contributed by atoms with Gasteiger partial charge >= 0.3 is 6.03 Å². The summed E-state index contributed by atoms with van der Waals surface area (Å²) < 4.78 is 18.3. The van der Waals surface area contributed by atoms with Gasteiger partial charge in [0.2, 0.25) is 5.75 Å². The Labute approximate surface area is 199 Å². The molecule has 1 fully saturated rings. The maximum atomic E-state index is 12.8. The first kappa shape index (κ1) is 23.4. The largest absolute Gasteiger partial charge is 0.493 e. The van der Waals surface area contributed by atoms with E-state index in [1.807, 2.05) is 35.5 Å². The molecule has 180 valence electrons. The lowest BCUT2D eigenvalue weighted by Gasteiger charge is -2.34. The molecule has 0 radical (unpaired) electrons. The van der Waals surface area contributed by atoms with Crippen molar-refractivity contribution in [3.8, 4) is 28.6 Å². The Morgan fingerprint density at radius 2 is 1.62 bits per heavy atom. The normalized spacial score (nSPS) is 14.0. The molecular formula is C25H31N5O4. The van der Waals surface area contributed by atoms with Crippen LogP contribution in [-0.4, -0.2) is 79.4 Å². The first-order chi connectivity index (χ1) is 16.6. The fourth-order valence-corrected chi connectivity index (χ4v) is 4.12. The molecule has 1 aromatic heterocycles. The van der Waals surface area contributed by atoms with Crippen molar-refractivity contribution >= 4 is 11.7 Å². The van der Waals surface area contributed by atoms with Crippen molar-refractivity contribution in [2.24, 2.45) is 0 Å². The third-order valence-electron chi connectivity index (χ3n) is 5.98. The summed E-state index contributed by atoms with van der Waals surface area (Å²) in [7, 11) is 4.65. The average molecular weight is 466 g/mol. The average Bonchev–Trinajstić information content (AvgIpc) is 3.36. The van der Waals surface area contributed by atoms with Gasteiger partial charge in [0.1, 0.15) is 5.82 Å². The Balaban J connectivity index is 1.30. The molecule has 9 heteroatoms. The molecule has 1 saturated heterocycles. The monoisotopic (exact) mass is 465 g/mol. The summed E-state index contributed by atoms with van der Waals surface area (Å²) in [6, 6.07) is 13.5. The smallest absolute Gasteiger partial charge is 0.321 e. The van der Waals surface area contributed by atoms with Gasteiger partial charge < -0.3 is 29.0 Å². The molecule has 9 nitrogen and oxygen atoms in total. The highest BCUT2D eigenvalue weighted by Gasteiger charge is 2.22. The highest BCUT2D eigenvalue weighted by Crippen LogP contribution is 2.40. The zero-order valence-electron chi connectivity index (χ0n) is 19.9. The number of ether oxygens (including phenoxy) is 3. The minimum Gasteiger partial charge on any atom is -0.493 e. The maximum absolute atomic E-state index is 12.8. The van der Waals surface area contributed by atoms with Crippen molar-refractivity contribution in [3.63, 3.8) is 0 Å². The Morgan fingerprint density at radius 1 is 0.941 bits per heavy atom. The van der Waals surface area contributed by atoms with Crippen LogP contribution < -0.4 is 19.5 Å². The molecule has 0 bridgehead atoms. The van der Waals surface area contributed by atoms with E-state index in [1.54, 1.807) is 33.5 Å². The van der Waals surface area contributed by atoms with E-state index in [0.717, 1.165) is 37.6 Å². The van der Waals surface area contributed by atoms with Crippen LogP contribution in [0.15, 0.2) is 54.9 Å². The highest BCUT2D eigenvalue weighted by molar-refractivity contribution is 5.90. The SMILES string of the molecule is COc1cc(NC(=O)N2CCN(CCn3ccnc3-c3ccccc3)CC2)cc(OC)c1OC. The van der Waals surface area contributed by atoms with Gasteiger partial charge in [0.15, 0.2) is 11.5 Å². The number of amides is 2. The number of hydrogen-bond donors (Lipinski definition) is 1. The number of carbonyl (C=O) groups excluding carboxylic acids is 1. The number of methoxy groups -OCH3 is 3. The number of imidazole rings is 1. The lowest BCUT2D eigenvalue weighted by atomic mass is 10.2. The third kappa shape index (κ3) is 5.26. The Kier molecular flexibility index (Phi) is 7.54. The second-order valence-electron chi connectivity index (χ2n) is 7.98. The lowest BCUT2D eigenvalue weighted by Crippen LogP contribution is -2.50. The highest BCUT2D eigenvalue weighted by atomic mass is 16.5. The minimum atomic E-state index is -0.144. The molecule has 0 unspecified atom stereocenters. The summed E-state index contributed by atoms with van der Waals surface area (Å²) in [6.45, 7) is 4.70. The number of urea groups is 1. The van der Waals surface area contributed by atoms with Crippen LogP contribution in [0.2, 0.25) is 0 Å². The zero-order valence-corrected chi connectivity index (χ0v) is 19.9. The Morgan fingerprint density at radius 3 is 2.24 bits per heavy atom. The number of aromatic nitrogens is 2. The van der Waals surface area contributed by atoms with Gasteiger partial charge in [-0.25, -0.2) is 9.78 Å². The molecular weight excluding hydrogens is 434 g/mol. The molecule has 0 aliphatic carbocycles. The predicted molar refractivity (Wildman–Crippen MR) is 131 cm³/mol. The Hall–Kier alpha value is -3.72. The standard InChI is InChI=1S/C25H31N5O4/c1-32-21-17-20(18-22(33-2)23(21)34-3)27-25(31)30-15-12-28(13-16-30)11-14-29-10-9-26-24(29)19-7-5-4-6-8-19/h4-10,17-18H,11-16H2,1-3H3,(H,27,31). The summed E-state index contributed by atoms with van der Waals surface area (Å²) >= 11 is 0. The lowest BCUT2D eigenvalue weighted by molar-refractivity contribution is 0.144. The van der Waals surface area contributed by atoms with Crippen LogP contribution in [0.25, 0.3) is 11.4 Å². The van der Waals surface area contributed by atoms with Gasteiger partial charge in [-0.1, -0.05) is 30.3 Å². The first-order valence-electron chi connectivity index (χ1n) is 11.3. The molecule has 0 saturated carbocycles. The van der Waals surface area contributed by atoms with Crippen molar-refractivity contribution in [3.05, 3.63) is 54.9 Å². The van der Waals surface area contributed by atoms with Crippen LogP contribution in [0.1, 0.15) is 0 Å². The molecule has 2 aromatic carbocycles. The molecule has 2 heterocycles. The topological polar surface area (TPSA) is 81.1 Å². The van der Waals surface area contributed by atoms with E-state index in [9.17, 15) is 4.79 Å². The van der Waals surface area contributed by atoms with E-state index in [2.05, 4.69) is 31.9 Å². The van der Waals surface area contributed by atoms with Crippen LogP contribution in [0.3, 0.4) is 0 Å². The molecule has 1 N–H and O–H groups in total. The quantitative estimate of drug-likeness (QED) is 0.549. The van der Waals surface area contributed by atoms with Crippen LogP contribution in [0.5, 0.6) is 17.2 Å². The fraction of sp³-hybridized carbons (Fsp3) is 0.360. The van der Waals surface area contributed by atoms with Crippen LogP contribution in [-0.2, 0) is 6.54 Å². The molecule has 34 heavy (non-hydrogen) atoms. The van der Waals surface area contributed by atoms with E-state index >= 15 is 0 Å². The van der Waals surface area contributed by atoms with Crippen molar-refractivity contribution in [2.75, 3.05) is 59.4 Å². The molecule has 0 spiro atoms. The van der Waals surface area contributed by atoms with E-state index in [-0.39, 0.29) is 6.03 Å². The molecule has 3 aromatic rings. The van der Waals surface area contributed by atoms with Gasteiger partial charge in [-0.15, -0.1) is 0 Å². The van der Waals surface area contributed by atoms with E-state index in [1.165, 1.54) is 0 Å². The van der Waals surface area contributed by atoms with Crippen molar-refractivity contribution < 1.29 is 19.0 Å². The number of benzene rings is 2. The number of piperazine rings is 1. The number of nitrogens with one attached hydrogen (secondary N) is 1. The molecule has 0 atom stereocenters. The van der Waals surface area contributed by atoms with Crippen LogP contribution >= 0.6 is 0 Å². The summed E-state index contributed by atoms with van der Waals surface area (Å²) in [5.74, 6) is 2.46. The second-order valence-corrected chi connectivity index (χ2v) is 7.98. The first-order valence-corrected chi connectivity index (χ1v) is 11.3. The van der Waals surface area contributed by atoms with Crippen LogP contribution in [0, 0.1) is 0 Å². The van der Waals surface area contributed by atoms with Crippen molar-refractivity contribution in [1.29, 1.82) is 0 Å². The van der Waals surface area contributed by atoms with Crippen molar-refractivity contribution in [1.82, 2.24) is 19.4 Å². The van der Waals surface area contributed by atoms with Gasteiger partial charge in [-0.05, 0) is 0 Å². The zero-order chi connectivity index (χ0) is 23.9. The second kappa shape index (κ2) is 10.9. The third-order valence-corrected chi connectivity index (χ3v) is 5.98. The predicted octanol–water partition coefficient (Wildman–Crippen LogP) is 3.43. The maximum Gasteiger partial charge on any atom is 0.321 e. The summed E-state index contributed by atoms with van der Waals surface area (Å²) in [5, 5.41) is 2.95. The molecule has 1 aliphatic heterocycles. The van der Waals surface area contributed by atoms with Gasteiger partial charge in [0.25, 0.3) is 0 Å². The van der Waals surface area contributed by atoms with Gasteiger partial charge in [0, 0.05) is 69.4 Å². The summed E-state index contributed by atoms with van der Waals surface area (Å²) in [4.78, 5) is 21.6. The number of anilines is 1. The van der Waals surface area contributed by atoms with Crippen molar-refractivity contribution in [2.45, 2.75) is 6.54 Å². The van der Waals surface area contributed by atoms with Gasteiger partial charge in [-0.3, -0.25) is 4.90 Å². The summed E-state index contributed by atoms with van der Waals surface area (Å²) in [5.41, 5.74) is 1.70. The molecule has 4 rings (SSSR count). The molecule has 2 amide bonds. The van der Waals surface area contributed by atoms with Crippen LogP contribution in [0.4, 0.5) is 10.5 Å².